The van der Waals surface area contributed by atoms with Crippen LogP contribution >= 0.6 is 0 Å². The van der Waals surface area contributed by atoms with Gasteiger partial charge in [-0.15, -0.1) is 0 Å². The molecule has 0 aromatic heterocycles. The minimum Gasteiger partial charge on any atom is -0.369 e. The minimum atomic E-state index is 0.265. The molecule has 0 radical (unpaired) electrons. The van der Waals surface area contributed by atoms with Gasteiger partial charge >= 0.3 is 0 Å². The van der Waals surface area contributed by atoms with Crippen LogP contribution in [-0.2, 0) is 4.79 Å². The molecule has 0 unspecified atom stereocenters. The summed E-state index contributed by atoms with van der Waals surface area (Å²) in [5, 5.41) is 0. The number of nitrogens with zero attached hydrogens (tertiary/aromatic N) is 4. The van der Waals surface area contributed by atoms with Gasteiger partial charge < -0.3 is 15.5 Å². The SMILES string of the molecule is CN1CN(C)C2=C1CN(C=O)C(N)=N2. The highest BCUT2D eigenvalue weighted by Crippen LogP contribution is 2.24. The Hall–Kier alpha value is -1.72. The van der Waals surface area contributed by atoms with Crippen LogP contribution in [0.4, 0.5) is 0 Å². The summed E-state index contributed by atoms with van der Waals surface area (Å²) in [6, 6.07) is 0. The van der Waals surface area contributed by atoms with E-state index in [2.05, 4.69) is 9.89 Å². The number of carbonyl (C=O) groups excluding carboxylic acids is 1. The van der Waals surface area contributed by atoms with E-state index in [1.807, 2.05) is 19.0 Å². The van der Waals surface area contributed by atoms with Gasteiger partial charge in [0.25, 0.3) is 0 Å². The normalized spacial score (nSPS) is 21.3. The van der Waals surface area contributed by atoms with Crippen molar-refractivity contribution in [1.82, 2.24) is 14.7 Å². The molecule has 0 atom stereocenters. The summed E-state index contributed by atoms with van der Waals surface area (Å²) < 4.78 is 0. The van der Waals surface area contributed by atoms with Gasteiger partial charge in [0.05, 0.1) is 18.9 Å². The number of guanidine groups is 1. The fraction of sp³-hybridized carbons (Fsp3) is 0.500. The summed E-state index contributed by atoms with van der Waals surface area (Å²) in [7, 11) is 3.92. The molecule has 6 nitrogen and oxygen atoms in total. The van der Waals surface area contributed by atoms with E-state index in [9.17, 15) is 4.79 Å². The Kier molecular flexibility index (Phi) is 1.83. The predicted molar refractivity (Wildman–Crippen MR) is 51.8 cm³/mol. The Labute approximate surface area is 82.3 Å². The van der Waals surface area contributed by atoms with Gasteiger partial charge in [-0.3, -0.25) is 9.69 Å². The van der Waals surface area contributed by atoms with Gasteiger partial charge in [-0.05, 0) is 0 Å². The zero-order valence-electron chi connectivity index (χ0n) is 8.27. The van der Waals surface area contributed by atoms with E-state index < -0.39 is 0 Å². The van der Waals surface area contributed by atoms with E-state index >= 15 is 0 Å². The number of hydrogen-bond donors (Lipinski definition) is 1. The van der Waals surface area contributed by atoms with Crippen LogP contribution in [0.25, 0.3) is 0 Å². The van der Waals surface area contributed by atoms with Crippen molar-refractivity contribution in [3.8, 4) is 0 Å². The molecule has 0 bridgehead atoms. The zero-order valence-corrected chi connectivity index (χ0v) is 8.27. The second-order valence-corrected chi connectivity index (χ2v) is 3.51. The molecule has 0 fully saturated rings. The molecule has 1 amide bonds. The third-order valence-electron chi connectivity index (χ3n) is 2.47. The average molecular weight is 195 g/mol. The molecule has 2 rings (SSSR count). The fourth-order valence-corrected chi connectivity index (χ4v) is 1.71. The second-order valence-electron chi connectivity index (χ2n) is 3.51. The number of amides is 1. The molecule has 6 heteroatoms. The number of rotatable bonds is 1. The first-order chi connectivity index (χ1) is 6.63. The quantitative estimate of drug-likeness (QED) is 0.532. The van der Waals surface area contributed by atoms with Crippen molar-refractivity contribution in [2.24, 2.45) is 10.7 Å². The summed E-state index contributed by atoms with van der Waals surface area (Å²) in [5.74, 6) is 1.13. The number of nitrogens with two attached hydrogens (primary N) is 1. The molecule has 2 N–H and O–H groups in total. The van der Waals surface area contributed by atoms with Gasteiger partial charge in [-0.2, -0.15) is 4.99 Å². The molecule has 14 heavy (non-hydrogen) atoms. The number of carbonyl (C=O) groups is 1. The Morgan fingerprint density at radius 1 is 1.43 bits per heavy atom. The molecule has 2 heterocycles. The lowest BCUT2D eigenvalue weighted by molar-refractivity contribution is -0.114. The third-order valence-corrected chi connectivity index (χ3v) is 2.47. The number of hydrogen-bond acceptors (Lipinski definition) is 5. The third kappa shape index (κ3) is 1.11. The molecule has 0 aromatic carbocycles. The van der Waals surface area contributed by atoms with Crippen molar-refractivity contribution in [2.45, 2.75) is 0 Å². The lowest BCUT2D eigenvalue weighted by Crippen LogP contribution is -2.41. The van der Waals surface area contributed by atoms with Crippen LogP contribution in [0.5, 0.6) is 0 Å². The first-order valence-electron chi connectivity index (χ1n) is 4.35. The minimum absolute atomic E-state index is 0.265. The highest BCUT2D eigenvalue weighted by atomic mass is 16.1. The summed E-state index contributed by atoms with van der Waals surface area (Å²) in [4.78, 5) is 20.3. The van der Waals surface area contributed by atoms with Crippen molar-refractivity contribution >= 4 is 12.4 Å². The van der Waals surface area contributed by atoms with Crippen molar-refractivity contribution < 1.29 is 4.79 Å². The van der Waals surface area contributed by atoms with E-state index in [0.29, 0.717) is 13.0 Å². The average Bonchev–Trinajstić information content (AvgIpc) is 2.41. The monoisotopic (exact) mass is 195 g/mol. The molecule has 0 aromatic rings. The van der Waals surface area contributed by atoms with E-state index in [1.165, 1.54) is 4.90 Å². The van der Waals surface area contributed by atoms with E-state index in [-0.39, 0.29) is 5.96 Å². The smallest absolute Gasteiger partial charge is 0.216 e. The highest BCUT2D eigenvalue weighted by Gasteiger charge is 2.29. The molecular formula is C8H13N5O. The van der Waals surface area contributed by atoms with Gasteiger partial charge in [0, 0.05) is 14.1 Å². The molecule has 2 aliphatic rings. The fourth-order valence-electron chi connectivity index (χ4n) is 1.71. The van der Waals surface area contributed by atoms with Crippen LogP contribution in [0.15, 0.2) is 16.5 Å². The number of likely N-dealkylation sites (N-methyl/N-ethyl adjacent to an activating group) is 1. The summed E-state index contributed by atoms with van der Waals surface area (Å²) in [5.41, 5.74) is 6.65. The van der Waals surface area contributed by atoms with Gasteiger partial charge in [-0.1, -0.05) is 0 Å². The Morgan fingerprint density at radius 2 is 2.14 bits per heavy atom. The summed E-state index contributed by atoms with van der Waals surface area (Å²) >= 11 is 0. The van der Waals surface area contributed by atoms with Crippen LogP contribution in [0.1, 0.15) is 0 Å². The molecule has 0 spiro atoms. The van der Waals surface area contributed by atoms with E-state index in [1.54, 1.807) is 0 Å². The van der Waals surface area contributed by atoms with Crippen molar-refractivity contribution in [1.29, 1.82) is 0 Å². The molecule has 0 saturated heterocycles. The Bertz CT molecular complexity index is 335. The summed E-state index contributed by atoms with van der Waals surface area (Å²) in [6.07, 6.45) is 0.703. The van der Waals surface area contributed by atoms with Crippen LogP contribution in [0, 0.1) is 0 Å². The lowest BCUT2D eigenvalue weighted by atomic mass is 10.3. The number of aliphatic imine (C=N–C) groups is 1. The van der Waals surface area contributed by atoms with Crippen molar-refractivity contribution in [3.63, 3.8) is 0 Å². The maximum Gasteiger partial charge on any atom is 0.216 e. The van der Waals surface area contributed by atoms with Crippen LogP contribution in [-0.4, -0.2) is 54.4 Å². The topological polar surface area (TPSA) is 65.2 Å². The predicted octanol–water partition coefficient (Wildman–Crippen LogP) is -1.22. The molecule has 76 valence electrons. The highest BCUT2D eigenvalue weighted by molar-refractivity contribution is 5.89. The molecule has 2 aliphatic heterocycles. The Balaban J connectivity index is 2.35. The maximum absolute atomic E-state index is 10.7. The second kappa shape index (κ2) is 2.90. The van der Waals surface area contributed by atoms with Crippen LogP contribution in [0.3, 0.4) is 0 Å². The van der Waals surface area contributed by atoms with E-state index in [4.69, 9.17) is 5.73 Å². The maximum atomic E-state index is 10.7. The van der Waals surface area contributed by atoms with Gasteiger partial charge in [0.1, 0.15) is 0 Å². The Morgan fingerprint density at radius 3 is 2.79 bits per heavy atom. The zero-order chi connectivity index (χ0) is 10.3. The van der Waals surface area contributed by atoms with Crippen LogP contribution in [0.2, 0.25) is 0 Å². The standard InChI is InChI=1S/C8H13N5O/c1-11-4-12(2)7-6(11)3-13(5-14)8(9)10-7/h5H,3-4H2,1-2H3,(H2,9,10). The largest absolute Gasteiger partial charge is 0.369 e. The molecule has 0 saturated carbocycles. The lowest BCUT2D eigenvalue weighted by Gasteiger charge is -2.24. The first kappa shape index (κ1) is 8.86. The van der Waals surface area contributed by atoms with Crippen LogP contribution < -0.4 is 5.73 Å². The van der Waals surface area contributed by atoms with Crippen molar-refractivity contribution in [3.05, 3.63) is 11.5 Å². The van der Waals surface area contributed by atoms with Gasteiger partial charge in [-0.25, -0.2) is 0 Å². The van der Waals surface area contributed by atoms with Gasteiger partial charge in [0.2, 0.25) is 12.4 Å². The molecular weight excluding hydrogens is 182 g/mol. The molecule has 0 aliphatic carbocycles. The summed E-state index contributed by atoms with van der Waals surface area (Å²) in [6.45, 7) is 1.29. The first-order valence-corrected chi connectivity index (χ1v) is 4.35. The van der Waals surface area contributed by atoms with Crippen molar-refractivity contribution in [2.75, 3.05) is 27.3 Å². The van der Waals surface area contributed by atoms with Gasteiger partial charge in [0.15, 0.2) is 5.82 Å². The van der Waals surface area contributed by atoms with E-state index in [0.717, 1.165) is 18.2 Å².